The van der Waals surface area contributed by atoms with Gasteiger partial charge in [-0.15, -0.1) is 0 Å². The van der Waals surface area contributed by atoms with E-state index in [0.717, 1.165) is 22.6 Å². The topological polar surface area (TPSA) is 96.9 Å². The van der Waals surface area contributed by atoms with Crippen molar-refractivity contribution in [3.63, 3.8) is 0 Å². The van der Waals surface area contributed by atoms with E-state index in [4.69, 9.17) is 10.2 Å². The molecule has 0 fully saturated rings. The van der Waals surface area contributed by atoms with E-state index in [-0.39, 0.29) is 6.42 Å². The lowest BCUT2D eigenvalue weighted by molar-refractivity contribution is -0.140. The number of H-pyrrole nitrogens is 1. The number of halogens is 4. The molecule has 0 aliphatic carbocycles. The predicted octanol–water partition coefficient (Wildman–Crippen LogP) is 4.38. The summed E-state index contributed by atoms with van der Waals surface area (Å²) in [6.07, 6.45) is -2.87. The number of aromatic nitrogens is 2. The zero-order chi connectivity index (χ0) is 22.2. The highest BCUT2D eigenvalue weighted by atomic mass is 32.1. The van der Waals surface area contributed by atoms with Crippen LogP contribution in [0.3, 0.4) is 0 Å². The van der Waals surface area contributed by atoms with E-state index in [0.29, 0.717) is 28.3 Å². The van der Waals surface area contributed by atoms with Gasteiger partial charge in [-0.25, -0.2) is 14.2 Å². The number of hydrogen-bond acceptors (Lipinski definition) is 6. The molecule has 0 aliphatic heterocycles. The number of fused-ring (bicyclic) bond motifs is 1. The summed E-state index contributed by atoms with van der Waals surface area (Å²) in [6.45, 7) is 0.293. The summed E-state index contributed by atoms with van der Waals surface area (Å²) in [5, 5.41) is 3.67. The molecule has 0 saturated carbocycles. The van der Waals surface area contributed by atoms with Gasteiger partial charge in [0.2, 0.25) is 0 Å². The van der Waals surface area contributed by atoms with Gasteiger partial charge in [-0.3, -0.25) is 4.98 Å². The average molecular weight is 452 g/mol. The van der Waals surface area contributed by atoms with Crippen molar-refractivity contribution in [2.75, 3.05) is 11.9 Å². The van der Waals surface area contributed by atoms with Crippen molar-refractivity contribution in [2.24, 2.45) is 5.73 Å². The number of thiazole rings is 1. The zero-order valence-corrected chi connectivity index (χ0v) is 16.6. The van der Waals surface area contributed by atoms with E-state index in [9.17, 15) is 22.4 Å². The van der Waals surface area contributed by atoms with Gasteiger partial charge in [0.05, 0.1) is 16.0 Å². The van der Waals surface area contributed by atoms with Crippen LogP contribution in [0.1, 0.15) is 11.1 Å². The number of alkyl halides is 3. The van der Waals surface area contributed by atoms with Gasteiger partial charge in [-0.1, -0.05) is 23.5 Å². The number of nitrogens with zero attached hydrogens (tertiary/aromatic N) is 1. The second-order valence-corrected chi connectivity index (χ2v) is 7.94. The lowest BCUT2D eigenvalue weighted by Gasteiger charge is -2.14. The lowest BCUT2D eigenvalue weighted by atomic mass is 10.0. The maximum absolute atomic E-state index is 13.7. The van der Waals surface area contributed by atoms with Gasteiger partial charge < -0.3 is 15.5 Å². The number of oxazole rings is 1. The van der Waals surface area contributed by atoms with E-state index in [2.05, 4.69) is 15.3 Å². The summed E-state index contributed by atoms with van der Waals surface area (Å²) >= 11 is 1.36. The van der Waals surface area contributed by atoms with Gasteiger partial charge >= 0.3 is 11.9 Å². The minimum atomic E-state index is -4.73. The Labute approximate surface area is 176 Å². The Hall–Kier alpha value is -3.18. The Morgan fingerprint density at radius 2 is 2.03 bits per heavy atom. The molecule has 1 unspecified atom stereocenters. The highest BCUT2D eigenvalue weighted by Gasteiger charge is 2.33. The number of hydrogen-bond donors (Lipinski definition) is 3. The van der Waals surface area contributed by atoms with Crippen LogP contribution < -0.4 is 16.8 Å². The van der Waals surface area contributed by atoms with Crippen molar-refractivity contribution in [1.82, 2.24) is 9.97 Å². The first-order valence-electron chi connectivity index (χ1n) is 9.13. The smallest absolute Gasteiger partial charge is 0.408 e. The lowest BCUT2D eigenvalue weighted by Crippen LogP contribution is -2.31. The van der Waals surface area contributed by atoms with E-state index in [1.165, 1.54) is 17.4 Å². The molecule has 31 heavy (non-hydrogen) atoms. The summed E-state index contributed by atoms with van der Waals surface area (Å²) in [5.74, 6) is -1.84. The minimum absolute atomic E-state index is 0.198. The van der Waals surface area contributed by atoms with Crippen LogP contribution in [-0.2, 0) is 12.6 Å². The second kappa shape index (κ2) is 8.16. The molecule has 0 bridgehead atoms. The standard InChI is InChI=1S/C20H16F4N4O2S/c21-14-6-10(1-3-13(14)20(22,23)24)5-12(25)8-26-18-27-9-17(31-18)11-2-4-15-16(7-11)30-19(29)28-15/h1-4,6-7,9,12H,5,8,25H2,(H,26,27)(H,28,29). The van der Waals surface area contributed by atoms with Gasteiger partial charge in [-0.05, 0) is 41.8 Å². The van der Waals surface area contributed by atoms with Gasteiger partial charge in [0, 0.05) is 18.8 Å². The number of benzene rings is 2. The Morgan fingerprint density at radius 1 is 1.23 bits per heavy atom. The Balaban J connectivity index is 1.38. The summed E-state index contributed by atoms with van der Waals surface area (Å²) < 4.78 is 56.7. The first-order valence-corrected chi connectivity index (χ1v) is 9.95. The van der Waals surface area contributed by atoms with Crippen LogP contribution in [0.25, 0.3) is 21.5 Å². The van der Waals surface area contributed by atoms with Gasteiger partial charge in [-0.2, -0.15) is 13.2 Å². The molecule has 0 radical (unpaired) electrons. The SMILES string of the molecule is NC(CNc1ncc(-c2ccc3[nH]c(=O)oc3c2)s1)Cc1ccc(C(F)(F)F)c(F)c1. The fraction of sp³-hybridized carbons (Fsp3) is 0.200. The molecule has 0 amide bonds. The van der Waals surface area contributed by atoms with Crippen LogP contribution in [0.2, 0.25) is 0 Å². The Morgan fingerprint density at radius 3 is 2.77 bits per heavy atom. The number of nitrogens with two attached hydrogens (primary N) is 1. The van der Waals surface area contributed by atoms with Crippen LogP contribution in [0.15, 0.2) is 51.8 Å². The fourth-order valence-electron chi connectivity index (χ4n) is 3.10. The van der Waals surface area contributed by atoms with Crippen molar-refractivity contribution in [3.05, 3.63) is 70.1 Å². The molecular formula is C20H16F4N4O2S. The molecule has 4 N–H and O–H groups in total. The van der Waals surface area contributed by atoms with E-state index >= 15 is 0 Å². The zero-order valence-electron chi connectivity index (χ0n) is 15.8. The minimum Gasteiger partial charge on any atom is -0.408 e. The van der Waals surface area contributed by atoms with Crippen molar-refractivity contribution in [3.8, 4) is 10.4 Å². The third-order valence-corrected chi connectivity index (χ3v) is 5.57. The van der Waals surface area contributed by atoms with Crippen LogP contribution in [0.5, 0.6) is 0 Å². The largest absolute Gasteiger partial charge is 0.419 e. The van der Waals surface area contributed by atoms with Crippen LogP contribution in [-0.4, -0.2) is 22.6 Å². The number of anilines is 1. The molecule has 0 spiro atoms. The predicted molar refractivity (Wildman–Crippen MR) is 110 cm³/mol. The maximum Gasteiger partial charge on any atom is 0.419 e. The molecule has 0 aliphatic rings. The van der Waals surface area contributed by atoms with Crippen molar-refractivity contribution >= 4 is 27.6 Å². The molecule has 4 rings (SSSR count). The average Bonchev–Trinajstić information content (AvgIpc) is 3.30. The normalized spacial score (nSPS) is 12.9. The van der Waals surface area contributed by atoms with Crippen LogP contribution >= 0.6 is 11.3 Å². The third-order valence-electron chi connectivity index (χ3n) is 4.56. The molecule has 11 heteroatoms. The molecule has 0 saturated heterocycles. The molecule has 2 aromatic heterocycles. The summed E-state index contributed by atoms with van der Waals surface area (Å²) in [6, 6.07) is 7.64. The summed E-state index contributed by atoms with van der Waals surface area (Å²) in [4.78, 5) is 19.0. The number of aromatic amines is 1. The third kappa shape index (κ3) is 4.78. The molecule has 2 aromatic carbocycles. The first-order chi connectivity index (χ1) is 14.7. The summed E-state index contributed by atoms with van der Waals surface area (Å²) in [5.41, 5.74) is 6.98. The highest BCUT2D eigenvalue weighted by molar-refractivity contribution is 7.18. The number of nitrogens with one attached hydrogen (secondary N) is 2. The molecule has 1 atom stereocenters. The Bertz CT molecular complexity index is 1280. The van der Waals surface area contributed by atoms with Crippen LogP contribution in [0, 0.1) is 5.82 Å². The van der Waals surface area contributed by atoms with Crippen molar-refractivity contribution < 1.29 is 22.0 Å². The van der Waals surface area contributed by atoms with Crippen LogP contribution in [0.4, 0.5) is 22.7 Å². The highest BCUT2D eigenvalue weighted by Crippen LogP contribution is 2.32. The van der Waals surface area contributed by atoms with Gasteiger partial charge in [0.25, 0.3) is 0 Å². The fourth-order valence-corrected chi connectivity index (χ4v) is 3.92. The van der Waals surface area contributed by atoms with Gasteiger partial charge in [0.1, 0.15) is 5.82 Å². The molecule has 6 nitrogen and oxygen atoms in total. The quantitative estimate of drug-likeness (QED) is 0.377. The monoisotopic (exact) mass is 452 g/mol. The van der Waals surface area contributed by atoms with E-state index < -0.39 is 29.4 Å². The van der Waals surface area contributed by atoms with Crippen molar-refractivity contribution in [2.45, 2.75) is 18.6 Å². The number of rotatable bonds is 6. The second-order valence-electron chi connectivity index (χ2n) is 6.91. The molecular weight excluding hydrogens is 436 g/mol. The molecule has 4 aromatic rings. The van der Waals surface area contributed by atoms with Crippen molar-refractivity contribution in [1.29, 1.82) is 0 Å². The molecule has 162 valence electrons. The first kappa shape index (κ1) is 21.1. The maximum atomic E-state index is 13.7. The van der Waals surface area contributed by atoms with E-state index in [1.807, 2.05) is 6.07 Å². The molecule has 2 heterocycles. The van der Waals surface area contributed by atoms with Gasteiger partial charge in [0.15, 0.2) is 10.7 Å². The summed E-state index contributed by atoms with van der Waals surface area (Å²) in [7, 11) is 0. The van der Waals surface area contributed by atoms with E-state index in [1.54, 1.807) is 18.3 Å². The Kier molecular flexibility index (Phi) is 5.54.